The normalized spacial score (nSPS) is 16.5. The van der Waals surface area contributed by atoms with Crippen molar-refractivity contribution in [3.63, 3.8) is 0 Å². The number of thioether (sulfide) groups is 1. The third-order valence-corrected chi connectivity index (χ3v) is 6.48. The molecule has 1 fully saturated rings. The molecular weight excluding hydrogens is 444 g/mol. The monoisotopic (exact) mass is 468 g/mol. The van der Waals surface area contributed by atoms with Gasteiger partial charge in [-0.25, -0.2) is 0 Å². The molecule has 0 bridgehead atoms. The lowest BCUT2D eigenvalue weighted by atomic mass is 10.2. The van der Waals surface area contributed by atoms with Crippen LogP contribution in [0.4, 0.5) is 11.4 Å². The zero-order chi connectivity index (χ0) is 23.4. The van der Waals surface area contributed by atoms with E-state index in [2.05, 4.69) is 20.5 Å². The quantitative estimate of drug-likeness (QED) is 0.300. The summed E-state index contributed by atoms with van der Waals surface area (Å²) >= 11 is 1.31. The molecule has 0 spiro atoms. The van der Waals surface area contributed by atoms with Gasteiger partial charge in [0, 0.05) is 42.4 Å². The Morgan fingerprint density at radius 2 is 2.12 bits per heavy atom. The van der Waals surface area contributed by atoms with Gasteiger partial charge in [-0.15, -0.1) is 10.2 Å². The summed E-state index contributed by atoms with van der Waals surface area (Å²) in [7, 11) is 0. The van der Waals surface area contributed by atoms with Crippen LogP contribution in [0.2, 0.25) is 0 Å². The number of nitrogens with zero attached hydrogens (tertiary/aromatic N) is 5. The topological polar surface area (TPSA) is 125 Å². The lowest BCUT2D eigenvalue weighted by molar-refractivity contribution is -0.384. The van der Waals surface area contributed by atoms with Crippen molar-refractivity contribution in [2.24, 2.45) is 0 Å². The van der Waals surface area contributed by atoms with Crippen molar-refractivity contribution >= 4 is 29.0 Å². The number of carbonyl (C=O) groups is 1. The minimum atomic E-state index is -0.475. The van der Waals surface area contributed by atoms with Crippen LogP contribution in [0.1, 0.15) is 25.3 Å². The smallest absolute Gasteiger partial charge is 0.269 e. The first-order chi connectivity index (χ1) is 15.9. The SMILES string of the molecule is Cc1cc([N+](=O)[O-])ccc1NC(=O)C(C)Sc1nnc(-c2ccncc2)n1CC1CCCO1. The molecule has 0 aliphatic carbocycles. The van der Waals surface area contributed by atoms with Crippen LogP contribution in [0.15, 0.2) is 47.9 Å². The Hall–Kier alpha value is -3.31. The number of nitrogens with one attached hydrogen (secondary N) is 1. The van der Waals surface area contributed by atoms with Gasteiger partial charge in [0.05, 0.1) is 22.8 Å². The van der Waals surface area contributed by atoms with Crippen LogP contribution in [-0.2, 0) is 16.1 Å². The van der Waals surface area contributed by atoms with Crippen LogP contribution < -0.4 is 5.32 Å². The lowest BCUT2D eigenvalue weighted by Crippen LogP contribution is -2.24. The lowest BCUT2D eigenvalue weighted by Gasteiger charge is -2.17. The highest BCUT2D eigenvalue weighted by Gasteiger charge is 2.25. The summed E-state index contributed by atoms with van der Waals surface area (Å²) in [5.74, 6) is 0.475. The van der Waals surface area contributed by atoms with Gasteiger partial charge in [-0.1, -0.05) is 11.8 Å². The molecular formula is C22H24N6O4S. The first-order valence-electron chi connectivity index (χ1n) is 10.6. The van der Waals surface area contributed by atoms with E-state index in [1.165, 1.54) is 23.9 Å². The molecule has 2 aromatic heterocycles. The van der Waals surface area contributed by atoms with Gasteiger partial charge in [-0.2, -0.15) is 0 Å². The van der Waals surface area contributed by atoms with E-state index in [0.717, 1.165) is 25.0 Å². The van der Waals surface area contributed by atoms with Crippen LogP contribution in [0.25, 0.3) is 11.4 Å². The number of aromatic nitrogens is 4. The molecule has 2 atom stereocenters. The molecule has 172 valence electrons. The highest BCUT2D eigenvalue weighted by Crippen LogP contribution is 2.29. The van der Waals surface area contributed by atoms with Crippen molar-refractivity contribution in [1.82, 2.24) is 19.7 Å². The standard InChI is InChI=1S/C22H24N6O4S/c1-14-12-17(28(30)31)5-6-19(14)24-21(29)15(2)33-22-26-25-20(16-7-9-23-10-8-16)27(22)13-18-4-3-11-32-18/h5-10,12,15,18H,3-4,11,13H2,1-2H3,(H,24,29). The maximum absolute atomic E-state index is 12.9. The number of nitro benzene ring substituents is 1. The first kappa shape index (κ1) is 22.9. The van der Waals surface area contributed by atoms with Gasteiger partial charge in [0.25, 0.3) is 5.69 Å². The van der Waals surface area contributed by atoms with Crippen molar-refractivity contribution in [2.45, 2.75) is 49.7 Å². The fraction of sp³-hybridized carbons (Fsp3) is 0.364. The number of ether oxygens (including phenoxy) is 1. The molecule has 1 aromatic carbocycles. The highest BCUT2D eigenvalue weighted by atomic mass is 32.2. The molecule has 1 aliphatic rings. The number of carbonyl (C=O) groups excluding carboxylic acids is 1. The number of rotatable bonds is 8. The molecule has 33 heavy (non-hydrogen) atoms. The third-order valence-electron chi connectivity index (χ3n) is 5.40. The molecule has 11 heteroatoms. The number of amides is 1. The molecule has 1 amide bonds. The van der Waals surface area contributed by atoms with E-state index in [1.807, 2.05) is 16.7 Å². The Balaban J connectivity index is 1.52. The summed E-state index contributed by atoms with van der Waals surface area (Å²) in [6, 6.07) is 8.10. The largest absolute Gasteiger partial charge is 0.376 e. The van der Waals surface area contributed by atoms with Crippen LogP contribution in [-0.4, -0.2) is 48.5 Å². The Labute approximate surface area is 194 Å². The predicted octanol–water partition coefficient (Wildman–Crippen LogP) is 3.86. The van der Waals surface area contributed by atoms with Crippen LogP contribution in [0.3, 0.4) is 0 Å². The van der Waals surface area contributed by atoms with Gasteiger partial charge in [0.1, 0.15) is 0 Å². The Morgan fingerprint density at radius 3 is 2.79 bits per heavy atom. The second kappa shape index (κ2) is 10.1. The van der Waals surface area contributed by atoms with Crippen molar-refractivity contribution < 1.29 is 14.5 Å². The molecule has 4 rings (SSSR count). The van der Waals surface area contributed by atoms with Gasteiger partial charge < -0.3 is 10.1 Å². The summed E-state index contributed by atoms with van der Waals surface area (Å²) in [4.78, 5) is 27.4. The second-order valence-electron chi connectivity index (χ2n) is 7.79. The maximum Gasteiger partial charge on any atom is 0.269 e. The average Bonchev–Trinajstić information content (AvgIpc) is 3.46. The summed E-state index contributed by atoms with van der Waals surface area (Å²) < 4.78 is 7.81. The van der Waals surface area contributed by atoms with Gasteiger partial charge in [-0.3, -0.25) is 24.5 Å². The second-order valence-corrected chi connectivity index (χ2v) is 9.10. The Bertz CT molecular complexity index is 1150. The number of benzene rings is 1. The van der Waals surface area contributed by atoms with E-state index in [0.29, 0.717) is 28.8 Å². The Kier molecular flexibility index (Phi) is 6.99. The molecule has 1 N–H and O–H groups in total. The van der Waals surface area contributed by atoms with Gasteiger partial charge in [0.2, 0.25) is 5.91 Å². The summed E-state index contributed by atoms with van der Waals surface area (Å²) in [6.07, 6.45) is 5.47. The molecule has 3 aromatic rings. The minimum absolute atomic E-state index is 0.0150. The number of anilines is 1. The average molecular weight is 469 g/mol. The number of non-ortho nitro benzene ring substituents is 1. The van der Waals surface area contributed by atoms with E-state index < -0.39 is 10.2 Å². The number of aryl methyl sites for hydroxylation is 1. The fourth-order valence-corrected chi connectivity index (χ4v) is 4.45. The van der Waals surface area contributed by atoms with E-state index in [9.17, 15) is 14.9 Å². The van der Waals surface area contributed by atoms with Crippen LogP contribution in [0.5, 0.6) is 0 Å². The van der Waals surface area contributed by atoms with Crippen molar-refractivity contribution in [3.05, 3.63) is 58.4 Å². The van der Waals surface area contributed by atoms with Crippen LogP contribution >= 0.6 is 11.8 Å². The first-order valence-corrected chi connectivity index (χ1v) is 11.5. The molecule has 10 nitrogen and oxygen atoms in total. The van der Waals surface area contributed by atoms with Gasteiger partial charge in [0.15, 0.2) is 11.0 Å². The Morgan fingerprint density at radius 1 is 1.33 bits per heavy atom. The number of pyridine rings is 1. The molecule has 0 radical (unpaired) electrons. The van der Waals surface area contributed by atoms with Crippen LogP contribution in [0, 0.1) is 17.0 Å². The molecule has 3 heterocycles. The molecule has 1 saturated heterocycles. The number of hydrogen-bond donors (Lipinski definition) is 1. The van der Waals surface area contributed by atoms with Crippen molar-refractivity contribution in [3.8, 4) is 11.4 Å². The van der Waals surface area contributed by atoms with E-state index in [1.54, 1.807) is 32.3 Å². The molecule has 2 unspecified atom stereocenters. The van der Waals surface area contributed by atoms with E-state index in [-0.39, 0.29) is 17.7 Å². The van der Waals surface area contributed by atoms with Gasteiger partial charge >= 0.3 is 0 Å². The fourth-order valence-electron chi connectivity index (χ4n) is 3.59. The maximum atomic E-state index is 12.9. The summed E-state index contributed by atoms with van der Waals surface area (Å²) in [6.45, 7) is 4.85. The van der Waals surface area contributed by atoms with Gasteiger partial charge in [-0.05, 0) is 50.5 Å². The number of nitro groups is 1. The predicted molar refractivity (Wildman–Crippen MR) is 124 cm³/mol. The molecule has 0 saturated carbocycles. The zero-order valence-corrected chi connectivity index (χ0v) is 19.1. The van der Waals surface area contributed by atoms with E-state index >= 15 is 0 Å². The van der Waals surface area contributed by atoms with E-state index in [4.69, 9.17) is 4.74 Å². The highest BCUT2D eigenvalue weighted by molar-refractivity contribution is 8.00. The summed E-state index contributed by atoms with van der Waals surface area (Å²) in [5.41, 5.74) is 2.03. The number of hydrogen-bond acceptors (Lipinski definition) is 8. The zero-order valence-electron chi connectivity index (χ0n) is 18.3. The summed E-state index contributed by atoms with van der Waals surface area (Å²) in [5, 5.41) is 22.7. The van der Waals surface area contributed by atoms with Crippen molar-refractivity contribution in [1.29, 1.82) is 0 Å². The van der Waals surface area contributed by atoms with Crippen molar-refractivity contribution in [2.75, 3.05) is 11.9 Å². The third kappa shape index (κ3) is 5.37. The minimum Gasteiger partial charge on any atom is -0.376 e. The molecule has 1 aliphatic heterocycles.